The van der Waals surface area contributed by atoms with Crippen molar-refractivity contribution in [2.45, 2.75) is 11.8 Å². The zero-order chi connectivity index (χ0) is 10.8. The highest BCUT2D eigenvalue weighted by Gasteiger charge is 2.11. The molecule has 0 atom stereocenters. The third-order valence-electron chi connectivity index (χ3n) is 1.99. The lowest BCUT2D eigenvalue weighted by molar-refractivity contribution is -0.136. The van der Waals surface area contributed by atoms with Crippen LogP contribution < -0.4 is 0 Å². The summed E-state index contributed by atoms with van der Waals surface area (Å²) >= 11 is 3.34. The SMILES string of the molecule is O=C(O)Cc1nc2c(CBr)cccc2o1. The lowest BCUT2D eigenvalue weighted by Crippen LogP contribution is -1.99. The van der Waals surface area contributed by atoms with Crippen molar-refractivity contribution in [2.75, 3.05) is 0 Å². The van der Waals surface area contributed by atoms with Crippen LogP contribution in [-0.2, 0) is 16.5 Å². The first kappa shape index (κ1) is 10.2. The van der Waals surface area contributed by atoms with Crippen molar-refractivity contribution in [3.8, 4) is 0 Å². The summed E-state index contributed by atoms with van der Waals surface area (Å²) < 4.78 is 5.31. The Morgan fingerprint density at radius 3 is 3.00 bits per heavy atom. The molecule has 0 bridgehead atoms. The summed E-state index contributed by atoms with van der Waals surface area (Å²) in [6, 6.07) is 5.55. The number of carboxylic acids is 1. The Morgan fingerprint density at radius 1 is 1.53 bits per heavy atom. The molecule has 0 radical (unpaired) electrons. The zero-order valence-electron chi connectivity index (χ0n) is 7.74. The second-order valence-electron chi connectivity index (χ2n) is 3.08. The number of para-hydroxylation sites is 1. The van der Waals surface area contributed by atoms with Crippen molar-refractivity contribution >= 4 is 33.0 Å². The van der Waals surface area contributed by atoms with Gasteiger partial charge in [0, 0.05) is 5.33 Å². The number of aromatic nitrogens is 1. The molecule has 0 unspecified atom stereocenters. The summed E-state index contributed by atoms with van der Waals surface area (Å²) in [4.78, 5) is 14.6. The highest BCUT2D eigenvalue weighted by atomic mass is 79.9. The topological polar surface area (TPSA) is 63.3 Å². The molecule has 1 N–H and O–H groups in total. The van der Waals surface area contributed by atoms with Crippen LogP contribution in [0.25, 0.3) is 11.1 Å². The molecule has 1 aromatic heterocycles. The highest BCUT2D eigenvalue weighted by molar-refractivity contribution is 9.08. The quantitative estimate of drug-likeness (QED) is 0.869. The minimum absolute atomic E-state index is 0.184. The van der Waals surface area contributed by atoms with Gasteiger partial charge in [-0.25, -0.2) is 4.98 Å². The molecule has 0 amide bonds. The molecule has 0 saturated heterocycles. The molecule has 78 valence electrons. The van der Waals surface area contributed by atoms with Crippen LogP contribution >= 0.6 is 15.9 Å². The molecule has 1 heterocycles. The molecule has 0 spiro atoms. The molecule has 15 heavy (non-hydrogen) atoms. The third kappa shape index (κ3) is 2.02. The maximum absolute atomic E-state index is 10.5. The minimum atomic E-state index is -0.943. The number of benzene rings is 1. The second-order valence-corrected chi connectivity index (χ2v) is 3.64. The number of nitrogens with zero attached hydrogens (tertiary/aromatic N) is 1. The van der Waals surface area contributed by atoms with Crippen LogP contribution in [0.5, 0.6) is 0 Å². The predicted octanol–water partition coefficient (Wildman–Crippen LogP) is 2.35. The van der Waals surface area contributed by atoms with E-state index in [0.717, 1.165) is 11.1 Å². The van der Waals surface area contributed by atoms with Crippen molar-refractivity contribution in [1.29, 1.82) is 0 Å². The van der Waals surface area contributed by atoms with E-state index >= 15 is 0 Å². The first-order valence-electron chi connectivity index (χ1n) is 4.36. The van der Waals surface area contributed by atoms with Gasteiger partial charge in [0.05, 0.1) is 0 Å². The van der Waals surface area contributed by atoms with E-state index in [1.807, 2.05) is 12.1 Å². The molecule has 2 rings (SSSR count). The van der Waals surface area contributed by atoms with Gasteiger partial charge in [-0.15, -0.1) is 0 Å². The normalized spacial score (nSPS) is 10.7. The summed E-state index contributed by atoms with van der Waals surface area (Å²) in [7, 11) is 0. The van der Waals surface area contributed by atoms with Gasteiger partial charge in [0.25, 0.3) is 0 Å². The number of oxazole rings is 1. The van der Waals surface area contributed by atoms with Crippen molar-refractivity contribution in [1.82, 2.24) is 4.98 Å². The molecule has 0 aliphatic carbocycles. The Balaban J connectivity index is 2.50. The van der Waals surface area contributed by atoms with Crippen molar-refractivity contribution in [3.05, 3.63) is 29.7 Å². The Kier molecular flexibility index (Phi) is 2.73. The van der Waals surface area contributed by atoms with E-state index in [0.29, 0.717) is 10.9 Å². The maximum Gasteiger partial charge on any atom is 0.312 e. The monoisotopic (exact) mass is 269 g/mol. The van der Waals surface area contributed by atoms with E-state index in [9.17, 15) is 4.79 Å². The van der Waals surface area contributed by atoms with E-state index in [4.69, 9.17) is 9.52 Å². The molecule has 0 fully saturated rings. The van der Waals surface area contributed by atoms with Crippen LogP contribution in [0.3, 0.4) is 0 Å². The van der Waals surface area contributed by atoms with Crippen molar-refractivity contribution < 1.29 is 14.3 Å². The van der Waals surface area contributed by atoms with Crippen molar-refractivity contribution in [3.63, 3.8) is 0 Å². The van der Waals surface area contributed by atoms with Crippen LogP contribution in [-0.4, -0.2) is 16.1 Å². The zero-order valence-corrected chi connectivity index (χ0v) is 9.32. The van der Waals surface area contributed by atoms with Crippen molar-refractivity contribution in [2.24, 2.45) is 0 Å². The van der Waals surface area contributed by atoms with Gasteiger partial charge < -0.3 is 9.52 Å². The van der Waals surface area contributed by atoms with E-state index in [1.165, 1.54) is 0 Å². The number of halogens is 1. The first-order chi connectivity index (χ1) is 7.20. The fourth-order valence-corrected chi connectivity index (χ4v) is 1.82. The van der Waals surface area contributed by atoms with E-state index in [1.54, 1.807) is 6.07 Å². The average molecular weight is 270 g/mol. The van der Waals surface area contributed by atoms with Crippen LogP contribution in [0, 0.1) is 0 Å². The van der Waals surface area contributed by atoms with Gasteiger partial charge in [-0.2, -0.15) is 0 Å². The van der Waals surface area contributed by atoms with Crippen LogP contribution in [0.1, 0.15) is 11.5 Å². The number of hydrogen-bond donors (Lipinski definition) is 1. The van der Waals surface area contributed by atoms with Gasteiger partial charge in [0.2, 0.25) is 5.89 Å². The molecular weight excluding hydrogens is 262 g/mol. The number of aliphatic carboxylic acids is 1. The Labute approximate surface area is 94.0 Å². The van der Waals surface area contributed by atoms with Crippen LogP contribution in [0.4, 0.5) is 0 Å². The Bertz CT molecular complexity index is 506. The number of carboxylic acid groups (broad SMARTS) is 1. The minimum Gasteiger partial charge on any atom is -0.481 e. The standard InChI is InChI=1S/C10H8BrNO3/c11-5-6-2-1-3-7-10(6)12-8(15-7)4-9(13)14/h1-3H,4-5H2,(H,13,14). The summed E-state index contributed by atoms with van der Waals surface area (Å²) in [5.74, 6) is -0.701. The highest BCUT2D eigenvalue weighted by Crippen LogP contribution is 2.21. The molecule has 2 aromatic rings. The molecule has 5 heteroatoms. The van der Waals surface area contributed by atoms with Gasteiger partial charge in [-0.3, -0.25) is 4.79 Å². The Morgan fingerprint density at radius 2 is 2.33 bits per heavy atom. The fourth-order valence-electron chi connectivity index (χ4n) is 1.36. The molecule has 0 saturated carbocycles. The third-order valence-corrected chi connectivity index (χ3v) is 2.60. The van der Waals surface area contributed by atoms with E-state index in [2.05, 4.69) is 20.9 Å². The molecule has 1 aromatic carbocycles. The van der Waals surface area contributed by atoms with Gasteiger partial charge in [-0.05, 0) is 11.6 Å². The van der Waals surface area contributed by atoms with E-state index in [-0.39, 0.29) is 12.3 Å². The molecular formula is C10H8BrNO3. The molecule has 0 aliphatic heterocycles. The number of carbonyl (C=O) groups is 1. The Hall–Kier alpha value is -1.36. The summed E-state index contributed by atoms with van der Waals surface area (Å²) in [6.45, 7) is 0. The first-order valence-corrected chi connectivity index (χ1v) is 5.48. The lowest BCUT2D eigenvalue weighted by atomic mass is 10.2. The van der Waals surface area contributed by atoms with Gasteiger partial charge in [0.1, 0.15) is 11.9 Å². The van der Waals surface area contributed by atoms with E-state index < -0.39 is 5.97 Å². The summed E-state index contributed by atoms with van der Waals surface area (Å²) in [5.41, 5.74) is 2.35. The number of rotatable bonds is 3. The molecule has 4 nitrogen and oxygen atoms in total. The predicted molar refractivity (Wildman–Crippen MR) is 58.0 cm³/mol. The second kappa shape index (κ2) is 4.02. The van der Waals surface area contributed by atoms with Gasteiger partial charge in [-0.1, -0.05) is 28.1 Å². The lowest BCUT2D eigenvalue weighted by Gasteiger charge is -1.92. The largest absolute Gasteiger partial charge is 0.481 e. The maximum atomic E-state index is 10.5. The summed E-state index contributed by atoms with van der Waals surface area (Å²) in [5, 5.41) is 9.28. The van der Waals surface area contributed by atoms with Crippen LogP contribution in [0.2, 0.25) is 0 Å². The number of hydrogen-bond acceptors (Lipinski definition) is 3. The molecule has 0 aliphatic rings. The van der Waals surface area contributed by atoms with Crippen LogP contribution in [0.15, 0.2) is 22.6 Å². The van der Waals surface area contributed by atoms with Gasteiger partial charge in [0.15, 0.2) is 5.58 Å². The summed E-state index contributed by atoms with van der Waals surface area (Å²) in [6.07, 6.45) is -0.184. The smallest absolute Gasteiger partial charge is 0.312 e. The average Bonchev–Trinajstić information content (AvgIpc) is 2.58. The fraction of sp³-hybridized carbons (Fsp3) is 0.200. The number of alkyl halides is 1. The van der Waals surface area contributed by atoms with Gasteiger partial charge >= 0.3 is 5.97 Å². The number of fused-ring (bicyclic) bond motifs is 1.